The van der Waals surface area contributed by atoms with Crippen LogP contribution in [0.2, 0.25) is 0 Å². The second kappa shape index (κ2) is 3.01. The summed E-state index contributed by atoms with van der Waals surface area (Å²) in [5, 5.41) is 9.33. The number of hydrogen-bond donors (Lipinski definition) is 1. The number of aliphatic hydroxyl groups is 1. The molecule has 0 aromatic heterocycles. The standard InChI is InChI=1S/C9H6ClFO2/c10-7-4-5-3-6(11)1-2-8(5)13-9(7)12/h1-4,9,12H. The molecule has 0 fully saturated rings. The van der Waals surface area contributed by atoms with E-state index in [-0.39, 0.29) is 10.8 Å². The second-order valence-corrected chi connectivity index (χ2v) is 3.12. The van der Waals surface area contributed by atoms with Crippen LogP contribution in [0.15, 0.2) is 23.2 Å². The molecule has 0 saturated heterocycles. The fourth-order valence-corrected chi connectivity index (χ4v) is 1.30. The third-order valence-electron chi connectivity index (χ3n) is 1.74. The highest BCUT2D eigenvalue weighted by molar-refractivity contribution is 6.32. The van der Waals surface area contributed by atoms with Crippen molar-refractivity contribution in [1.29, 1.82) is 0 Å². The summed E-state index contributed by atoms with van der Waals surface area (Å²) in [4.78, 5) is 0. The summed E-state index contributed by atoms with van der Waals surface area (Å²) >= 11 is 5.61. The normalized spacial score (nSPS) is 20.2. The van der Waals surface area contributed by atoms with E-state index in [1.807, 2.05) is 0 Å². The van der Waals surface area contributed by atoms with Gasteiger partial charge in [-0.25, -0.2) is 4.39 Å². The minimum atomic E-state index is -1.14. The first-order valence-corrected chi connectivity index (χ1v) is 4.06. The van der Waals surface area contributed by atoms with Crippen molar-refractivity contribution in [3.8, 4) is 5.75 Å². The summed E-state index contributed by atoms with van der Waals surface area (Å²) in [7, 11) is 0. The Hall–Kier alpha value is -1.06. The maximum Gasteiger partial charge on any atom is 0.234 e. The van der Waals surface area contributed by atoms with Crippen molar-refractivity contribution in [1.82, 2.24) is 0 Å². The monoisotopic (exact) mass is 200 g/mol. The van der Waals surface area contributed by atoms with Gasteiger partial charge in [0.05, 0.1) is 5.03 Å². The second-order valence-electron chi connectivity index (χ2n) is 2.68. The van der Waals surface area contributed by atoms with Crippen LogP contribution < -0.4 is 4.74 Å². The molecule has 2 rings (SSSR count). The molecule has 1 unspecified atom stereocenters. The molecule has 1 heterocycles. The number of halogens is 2. The van der Waals surface area contributed by atoms with Gasteiger partial charge in [-0.2, -0.15) is 0 Å². The molecule has 0 radical (unpaired) electrons. The molecule has 1 aromatic rings. The van der Waals surface area contributed by atoms with Crippen LogP contribution in [0.25, 0.3) is 6.08 Å². The lowest BCUT2D eigenvalue weighted by Crippen LogP contribution is -2.19. The Morgan fingerprint density at radius 3 is 3.00 bits per heavy atom. The van der Waals surface area contributed by atoms with Crippen LogP contribution >= 0.6 is 11.6 Å². The Bertz CT molecular complexity index is 376. The molecular weight excluding hydrogens is 195 g/mol. The molecule has 4 heteroatoms. The molecule has 1 N–H and O–H groups in total. The van der Waals surface area contributed by atoms with Gasteiger partial charge in [-0.05, 0) is 24.3 Å². The minimum absolute atomic E-state index is 0.151. The Balaban J connectivity index is 2.51. The molecule has 2 nitrogen and oxygen atoms in total. The first-order valence-electron chi connectivity index (χ1n) is 3.68. The van der Waals surface area contributed by atoms with Gasteiger partial charge in [-0.1, -0.05) is 11.6 Å². The van der Waals surface area contributed by atoms with Gasteiger partial charge in [-0.15, -0.1) is 0 Å². The minimum Gasteiger partial charge on any atom is -0.459 e. The van der Waals surface area contributed by atoms with Crippen LogP contribution in [-0.2, 0) is 0 Å². The van der Waals surface area contributed by atoms with Gasteiger partial charge in [-0.3, -0.25) is 0 Å². The number of aliphatic hydroxyl groups excluding tert-OH is 1. The Morgan fingerprint density at radius 2 is 2.23 bits per heavy atom. The summed E-state index contributed by atoms with van der Waals surface area (Å²) in [5.74, 6) is 0.0674. The zero-order valence-electron chi connectivity index (χ0n) is 6.50. The van der Waals surface area contributed by atoms with Crippen molar-refractivity contribution in [3.63, 3.8) is 0 Å². The average Bonchev–Trinajstić information content (AvgIpc) is 2.08. The highest BCUT2D eigenvalue weighted by atomic mass is 35.5. The van der Waals surface area contributed by atoms with E-state index in [1.165, 1.54) is 24.3 Å². The Labute approximate surface area is 79.2 Å². The third kappa shape index (κ3) is 1.53. The topological polar surface area (TPSA) is 29.5 Å². The predicted octanol–water partition coefficient (Wildman–Crippen LogP) is 2.12. The Kier molecular flexibility index (Phi) is 1.98. The van der Waals surface area contributed by atoms with E-state index >= 15 is 0 Å². The van der Waals surface area contributed by atoms with Crippen molar-refractivity contribution >= 4 is 17.7 Å². The molecule has 1 aliphatic heterocycles. The van der Waals surface area contributed by atoms with Crippen molar-refractivity contribution in [3.05, 3.63) is 34.6 Å². The fourth-order valence-electron chi connectivity index (χ4n) is 1.14. The molecule has 0 spiro atoms. The largest absolute Gasteiger partial charge is 0.459 e. The fraction of sp³-hybridized carbons (Fsp3) is 0.111. The lowest BCUT2D eigenvalue weighted by atomic mass is 10.1. The third-order valence-corrected chi connectivity index (χ3v) is 2.04. The SMILES string of the molecule is OC1Oc2ccc(F)cc2C=C1Cl. The van der Waals surface area contributed by atoms with Crippen molar-refractivity contribution in [2.24, 2.45) is 0 Å². The van der Waals surface area contributed by atoms with Crippen LogP contribution in [0.3, 0.4) is 0 Å². The lowest BCUT2D eigenvalue weighted by Gasteiger charge is -2.19. The van der Waals surface area contributed by atoms with Crippen LogP contribution in [0.1, 0.15) is 5.56 Å². The van der Waals surface area contributed by atoms with Crippen molar-refractivity contribution in [2.45, 2.75) is 6.29 Å². The zero-order chi connectivity index (χ0) is 9.42. The highest BCUT2D eigenvalue weighted by Crippen LogP contribution is 2.30. The first-order chi connectivity index (χ1) is 6.16. The molecule has 0 aliphatic carbocycles. The van der Waals surface area contributed by atoms with Gasteiger partial charge < -0.3 is 9.84 Å². The van der Waals surface area contributed by atoms with Gasteiger partial charge in [0.2, 0.25) is 6.29 Å². The number of benzene rings is 1. The average molecular weight is 201 g/mol. The summed E-state index contributed by atoms with van der Waals surface area (Å²) < 4.78 is 17.7. The van der Waals surface area contributed by atoms with Crippen molar-refractivity contribution < 1.29 is 14.2 Å². The quantitative estimate of drug-likeness (QED) is 0.695. The number of fused-ring (bicyclic) bond motifs is 1. The zero-order valence-corrected chi connectivity index (χ0v) is 7.25. The summed E-state index contributed by atoms with van der Waals surface area (Å²) in [6.45, 7) is 0. The van der Waals surface area contributed by atoms with Gasteiger partial charge in [0.15, 0.2) is 0 Å². The smallest absolute Gasteiger partial charge is 0.234 e. The molecule has 1 atom stereocenters. The maximum atomic E-state index is 12.7. The molecule has 0 bridgehead atoms. The predicted molar refractivity (Wildman–Crippen MR) is 46.9 cm³/mol. The molecule has 1 aliphatic rings. The van der Waals surface area contributed by atoms with Crippen molar-refractivity contribution in [2.75, 3.05) is 0 Å². The van der Waals surface area contributed by atoms with Crippen LogP contribution in [0, 0.1) is 5.82 Å². The summed E-state index contributed by atoms with van der Waals surface area (Å²) in [5.41, 5.74) is 0.537. The molecule has 0 saturated carbocycles. The van der Waals surface area contributed by atoms with Crippen LogP contribution in [-0.4, -0.2) is 11.4 Å². The van der Waals surface area contributed by atoms with E-state index in [4.69, 9.17) is 16.3 Å². The van der Waals surface area contributed by atoms with E-state index in [1.54, 1.807) is 0 Å². The maximum absolute atomic E-state index is 12.7. The number of hydrogen-bond acceptors (Lipinski definition) is 2. The van der Waals surface area contributed by atoms with E-state index in [9.17, 15) is 9.50 Å². The van der Waals surface area contributed by atoms with Gasteiger partial charge >= 0.3 is 0 Å². The van der Waals surface area contributed by atoms with E-state index in [0.29, 0.717) is 11.3 Å². The van der Waals surface area contributed by atoms with Gasteiger partial charge in [0.25, 0.3) is 0 Å². The summed E-state index contributed by atoms with van der Waals surface area (Å²) in [6.07, 6.45) is 0.341. The number of rotatable bonds is 0. The van der Waals surface area contributed by atoms with Crippen LogP contribution in [0.5, 0.6) is 5.75 Å². The molecule has 0 amide bonds. The molecule has 13 heavy (non-hydrogen) atoms. The molecule has 1 aromatic carbocycles. The van der Waals surface area contributed by atoms with E-state index in [2.05, 4.69) is 0 Å². The molecular formula is C9H6ClFO2. The van der Waals surface area contributed by atoms with Gasteiger partial charge in [0, 0.05) is 5.56 Å². The first kappa shape index (κ1) is 8.53. The summed E-state index contributed by atoms with van der Waals surface area (Å²) in [6, 6.07) is 4.01. The Morgan fingerprint density at radius 1 is 1.46 bits per heavy atom. The van der Waals surface area contributed by atoms with Gasteiger partial charge in [0.1, 0.15) is 11.6 Å². The van der Waals surface area contributed by atoms with E-state index in [0.717, 1.165) is 0 Å². The number of ether oxygens (including phenoxy) is 1. The highest BCUT2D eigenvalue weighted by Gasteiger charge is 2.18. The van der Waals surface area contributed by atoms with E-state index < -0.39 is 6.29 Å². The van der Waals surface area contributed by atoms with Crippen LogP contribution in [0.4, 0.5) is 4.39 Å². The lowest BCUT2D eigenvalue weighted by molar-refractivity contribution is 0.0190. The molecule has 68 valence electrons.